The first-order valence-corrected chi connectivity index (χ1v) is 8.21. The second kappa shape index (κ2) is 7.40. The molecule has 0 radical (unpaired) electrons. The molecule has 0 atom stereocenters. The number of carbonyl (C=O) groups is 1. The first kappa shape index (κ1) is 17.0. The molecule has 0 aliphatic carbocycles. The molecule has 0 saturated carbocycles. The molecule has 2 N–H and O–H groups in total. The van der Waals surface area contributed by atoms with E-state index in [9.17, 15) is 9.18 Å². The van der Waals surface area contributed by atoms with Gasteiger partial charge in [0.25, 0.3) is 5.91 Å². The van der Waals surface area contributed by atoms with Crippen molar-refractivity contribution >= 4 is 28.9 Å². The molecule has 25 heavy (non-hydrogen) atoms. The number of halogens is 1. The lowest BCUT2D eigenvalue weighted by molar-refractivity contribution is -0.113. The summed E-state index contributed by atoms with van der Waals surface area (Å²) in [6, 6.07) is 11.6. The smallest absolute Gasteiger partial charge is 0.286 e. The Balaban J connectivity index is 1.77. The zero-order valence-electron chi connectivity index (χ0n) is 13.4. The Morgan fingerprint density at radius 1 is 1.24 bits per heavy atom. The maximum absolute atomic E-state index is 13.7. The van der Waals surface area contributed by atoms with Crippen molar-refractivity contribution in [1.82, 2.24) is 0 Å². The number of thioether (sulfide) groups is 1. The molecule has 0 aromatic heterocycles. The maximum atomic E-state index is 13.7. The molecular weight excluding hydrogens is 343 g/mol. The minimum atomic E-state index is -0.360. The van der Waals surface area contributed by atoms with Crippen LogP contribution in [0.4, 0.5) is 4.39 Å². The molecule has 0 unspecified atom stereocenters. The van der Waals surface area contributed by atoms with Crippen molar-refractivity contribution in [2.75, 3.05) is 7.11 Å². The zero-order valence-corrected chi connectivity index (χ0v) is 14.2. The molecule has 1 aliphatic heterocycles. The van der Waals surface area contributed by atoms with Crippen LogP contribution in [0.15, 0.2) is 52.4 Å². The van der Waals surface area contributed by atoms with Crippen LogP contribution >= 0.6 is 11.8 Å². The number of hydrogen-bond donors (Lipinski definition) is 1. The van der Waals surface area contributed by atoms with Crippen molar-refractivity contribution in [2.24, 2.45) is 10.7 Å². The summed E-state index contributed by atoms with van der Waals surface area (Å²) in [6.45, 7) is 0.0855. The van der Waals surface area contributed by atoms with E-state index in [1.54, 1.807) is 42.5 Å². The van der Waals surface area contributed by atoms with Gasteiger partial charge in [-0.25, -0.2) is 4.39 Å². The van der Waals surface area contributed by atoms with E-state index in [1.807, 2.05) is 0 Å². The van der Waals surface area contributed by atoms with Gasteiger partial charge in [-0.1, -0.05) is 24.3 Å². The van der Waals surface area contributed by atoms with Crippen molar-refractivity contribution in [3.8, 4) is 11.5 Å². The third-order valence-electron chi connectivity index (χ3n) is 3.46. The summed E-state index contributed by atoms with van der Waals surface area (Å²) in [6.07, 6.45) is 1.68. The molecule has 0 bridgehead atoms. The van der Waals surface area contributed by atoms with Crippen molar-refractivity contribution in [1.29, 1.82) is 0 Å². The van der Waals surface area contributed by atoms with E-state index in [-0.39, 0.29) is 23.5 Å². The van der Waals surface area contributed by atoms with Gasteiger partial charge in [0.2, 0.25) is 0 Å². The highest BCUT2D eigenvalue weighted by molar-refractivity contribution is 8.18. The van der Waals surface area contributed by atoms with Gasteiger partial charge in [-0.2, -0.15) is 4.99 Å². The van der Waals surface area contributed by atoms with Crippen LogP contribution in [0.3, 0.4) is 0 Å². The van der Waals surface area contributed by atoms with Crippen molar-refractivity contribution in [3.05, 3.63) is 64.3 Å². The Morgan fingerprint density at radius 2 is 2.04 bits per heavy atom. The lowest BCUT2D eigenvalue weighted by atomic mass is 10.2. The Kier molecular flexibility index (Phi) is 5.04. The highest BCUT2D eigenvalue weighted by Gasteiger charge is 2.19. The molecule has 2 aromatic rings. The Hall–Kier alpha value is -2.80. The van der Waals surface area contributed by atoms with Gasteiger partial charge in [-0.05, 0) is 41.6 Å². The molecule has 0 saturated heterocycles. The molecule has 1 aliphatic rings. The van der Waals surface area contributed by atoms with E-state index < -0.39 is 0 Å². The highest BCUT2D eigenvalue weighted by Crippen LogP contribution is 2.32. The molecule has 1 amide bonds. The van der Waals surface area contributed by atoms with Crippen LogP contribution in [0.1, 0.15) is 11.1 Å². The SMILES string of the molecule is COc1cc(/C=C2/SC(N)=NC2=O)ccc1OCc1ccccc1F. The molecule has 3 rings (SSSR count). The van der Waals surface area contributed by atoms with Gasteiger partial charge in [0, 0.05) is 5.56 Å². The van der Waals surface area contributed by atoms with Crippen LogP contribution in [0, 0.1) is 5.82 Å². The third kappa shape index (κ3) is 4.00. The second-order valence-electron chi connectivity index (χ2n) is 5.16. The second-order valence-corrected chi connectivity index (χ2v) is 6.22. The Morgan fingerprint density at radius 3 is 2.72 bits per heavy atom. The number of amidine groups is 1. The van der Waals surface area contributed by atoms with Crippen LogP contribution in [0.5, 0.6) is 11.5 Å². The molecule has 2 aromatic carbocycles. The van der Waals surface area contributed by atoms with Crippen LogP contribution in [0.25, 0.3) is 6.08 Å². The highest BCUT2D eigenvalue weighted by atomic mass is 32.2. The van der Waals surface area contributed by atoms with E-state index in [2.05, 4.69) is 4.99 Å². The summed E-state index contributed by atoms with van der Waals surface area (Å²) in [7, 11) is 1.51. The first-order chi connectivity index (χ1) is 12.1. The van der Waals surface area contributed by atoms with Gasteiger partial charge in [0.1, 0.15) is 12.4 Å². The summed E-state index contributed by atoms with van der Waals surface area (Å²) in [5.74, 6) is 0.280. The summed E-state index contributed by atoms with van der Waals surface area (Å²) in [4.78, 5) is 15.8. The van der Waals surface area contributed by atoms with Gasteiger partial charge in [-0.15, -0.1) is 0 Å². The number of carbonyl (C=O) groups excluding carboxylic acids is 1. The third-order valence-corrected chi connectivity index (χ3v) is 4.28. The normalized spacial score (nSPS) is 15.4. The van der Waals surface area contributed by atoms with Crippen molar-refractivity contribution in [2.45, 2.75) is 6.61 Å². The lowest BCUT2D eigenvalue weighted by Crippen LogP contribution is -2.01. The Bertz CT molecular complexity index is 880. The number of methoxy groups -OCH3 is 1. The van der Waals surface area contributed by atoms with Gasteiger partial charge in [-0.3, -0.25) is 4.79 Å². The number of benzene rings is 2. The number of ether oxygens (including phenoxy) is 2. The van der Waals surface area contributed by atoms with Crippen LogP contribution in [-0.2, 0) is 11.4 Å². The molecular formula is C18H15FN2O3S. The summed E-state index contributed by atoms with van der Waals surface area (Å²) in [5, 5.41) is 0.230. The molecule has 7 heteroatoms. The maximum Gasteiger partial charge on any atom is 0.286 e. The van der Waals surface area contributed by atoms with Crippen LogP contribution in [0.2, 0.25) is 0 Å². The fourth-order valence-corrected chi connectivity index (χ4v) is 2.92. The minimum Gasteiger partial charge on any atom is -0.493 e. The predicted octanol–water partition coefficient (Wildman–Crippen LogP) is 3.34. The van der Waals surface area contributed by atoms with Crippen molar-refractivity contribution < 1.29 is 18.7 Å². The minimum absolute atomic E-state index is 0.0855. The number of nitrogens with zero attached hydrogens (tertiary/aromatic N) is 1. The number of rotatable bonds is 5. The van der Waals surface area contributed by atoms with Gasteiger partial charge >= 0.3 is 0 Å². The number of amides is 1. The topological polar surface area (TPSA) is 73.9 Å². The van der Waals surface area contributed by atoms with Crippen LogP contribution in [-0.4, -0.2) is 18.2 Å². The van der Waals surface area contributed by atoms with E-state index >= 15 is 0 Å². The Labute approximate surface area is 148 Å². The largest absolute Gasteiger partial charge is 0.493 e. The number of hydrogen-bond acceptors (Lipinski definition) is 5. The van der Waals surface area contributed by atoms with E-state index in [0.717, 1.165) is 17.3 Å². The number of aliphatic imine (C=N–C) groups is 1. The van der Waals surface area contributed by atoms with Crippen LogP contribution < -0.4 is 15.2 Å². The standard InChI is InChI=1S/C18H15FN2O3S/c1-23-15-8-11(9-16-17(22)21-18(20)25-16)6-7-14(15)24-10-12-4-2-3-5-13(12)19/h2-9H,10H2,1H3,(H2,20,21,22)/b16-9+. The summed E-state index contributed by atoms with van der Waals surface area (Å²) < 4.78 is 24.6. The molecule has 5 nitrogen and oxygen atoms in total. The average molecular weight is 358 g/mol. The first-order valence-electron chi connectivity index (χ1n) is 7.39. The average Bonchev–Trinajstić information content (AvgIpc) is 2.92. The molecule has 0 fully saturated rings. The summed E-state index contributed by atoms with van der Waals surface area (Å²) in [5.41, 5.74) is 6.73. The lowest BCUT2D eigenvalue weighted by Gasteiger charge is -2.12. The monoisotopic (exact) mass is 358 g/mol. The summed E-state index contributed by atoms with van der Waals surface area (Å²) >= 11 is 1.12. The molecule has 128 valence electrons. The fourth-order valence-electron chi connectivity index (χ4n) is 2.24. The molecule has 0 spiro atoms. The molecule has 1 heterocycles. The van der Waals surface area contributed by atoms with Gasteiger partial charge in [0.15, 0.2) is 16.7 Å². The van der Waals surface area contributed by atoms with E-state index in [4.69, 9.17) is 15.2 Å². The predicted molar refractivity (Wildman–Crippen MR) is 95.9 cm³/mol. The number of nitrogens with two attached hydrogens (primary N) is 1. The fraction of sp³-hybridized carbons (Fsp3) is 0.111. The van der Waals surface area contributed by atoms with Gasteiger partial charge in [0.05, 0.1) is 12.0 Å². The van der Waals surface area contributed by atoms with E-state index in [1.165, 1.54) is 13.2 Å². The van der Waals surface area contributed by atoms with Gasteiger partial charge < -0.3 is 15.2 Å². The zero-order chi connectivity index (χ0) is 17.8. The van der Waals surface area contributed by atoms with Crippen molar-refractivity contribution in [3.63, 3.8) is 0 Å². The van der Waals surface area contributed by atoms with E-state index in [0.29, 0.717) is 22.0 Å². The quantitative estimate of drug-likeness (QED) is 0.830.